The first-order valence-electron chi connectivity index (χ1n) is 5.38. The molecule has 4 heteroatoms. The summed E-state index contributed by atoms with van der Waals surface area (Å²) in [6.45, 7) is 2.06. The van der Waals surface area contributed by atoms with E-state index in [1.54, 1.807) is 0 Å². The molecule has 16 heavy (non-hydrogen) atoms. The van der Waals surface area contributed by atoms with Crippen LogP contribution in [-0.4, -0.2) is 0 Å². The second-order valence-electron chi connectivity index (χ2n) is 3.87. The quantitative estimate of drug-likeness (QED) is 0.835. The van der Waals surface area contributed by atoms with Gasteiger partial charge in [0.1, 0.15) is 0 Å². The molecule has 1 aromatic rings. The third-order valence-electron chi connectivity index (χ3n) is 2.53. The number of benzene rings is 1. The van der Waals surface area contributed by atoms with E-state index in [4.69, 9.17) is 5.73 Å². The SMILES string of the molecule is CCCC[C@@H](N)c1ccc(C(F)(F)F)cc1. The number of halogens is 3. The maximum absolute atomic E-state index is 12.3. The van der Waals surface area contributed by atoms with Crippen molar-refractivity contribution < 1.29 is 13.2 Å². The minimum atomic E-state index is -4.27. The minimum absolute atomic E-state index is 0.165. The monoisotopic (exact) mass is 231 g/mol. The van der Waals surface area contributed by atoms with Crippen LogP contribution in [0.5, 0.6) is 0 Å². The summed E-state index contributed by atoms with van der Waals surface area (Å²) in [4.78, 5) is 0. The lowest BCUT2D eigenvalue weighted by molar-refractivity contribution is -0.137. The van der Waals surface area contributed by atoms with Gasteiger partial charge in [0.05, 0.1) is 5.56 Å². The molecule has 0 spiro atoms. The Hall–Kier alpha value is -1.03. The Morgan fingerprint density at radius 1 is 1.19 bits per heavy atom. The highest BCUT2D eigenvalue weighted by Crippen LogP contribution is 2.30. The summed E-state index contributed by atoms with van der Waals surface area (Å²) in [5.74, 6) is 0. The van der Waals surface area contributed by atoms with Crippen molar-refractivity contribution in [1.82, 2.24) is 0 Å². The van der Waals surface area contributed by atoms with Gasteiger partial charge in [0, 0.05) is 6.04 Å². The average Bonchev–Trinajstić information content (AvgIpc) is 2.25. The predicted molar refractivity (Wildman–Crippen MR) is 57.9 cm³/mol. The van der Waals surface area contributed by atoms with E-state index in [9.17, 15) is 13.2 Å². The Morgan fingerprint density at radius 2 is 1.75 bits per heavy atom. The highest BCUT2D eigenvalue weighted by Gasteiger charge is 2.30. The van der Waals surface area contributed by atoms with Gasteiger partial charge in [-0.1, -0.05) is 31.9 Å². The Bertz CT molecular complexity index is 316. The summed E-state index contributed by atoms with van der Waals surface area (Å²) < 4.78 is 36.9. The van der Waals surface area contributed by atoms with Crippen molar-refractivity contribution in [3.05, 3.63) is 35.4 Å². The summed E-state index contributed by atoms with van der Waals surface area (Å²) in [7, 11) is 0. The first-order chi connectivity index (χ1) is 7.45. The summed E-state index contributed by atoms with van der Waals surface area (Å²) in [6, 6.07) is 4.93. The van der Waals surface area contributed by atoms with Gasteiger partial charge in [-0.25, -0.2) is 0 Å². The van der Waals surface area contributed by atoms with E-state index in [1.807, 2.05) is 0 Å². The molecule has 0 saturated carbocycles. The molecule has 0 aliphatic heterocycles. The Morgan fingerprint density at radius 3 is 2.19 bits per heavy atom. The molecule has 1 atom stereocenters. The van der Waals surface area contributed by atoms with E-state index in [-0.39, 0.29) is 6.04 Å². The van der Waals surface area contributed by atoms with Crippen LogP contribution in [0.25, 0.3) is 0 Å². The fourth-order valence-electron chi connectivity index (χ4n) is 1.51. The number of nitrogens with two attached hydrogens (primary N) is 1. The van der Waals surface area contributed by atoms with Gasteiger partial charge in [-0.3, -0.25) is 0 Å². The lowest BCUT2D eigenvalue weighted by Crippen LogP contribution is -2.11. The maximum Gasteiger partial charge on any atom is 0.416 e. The van der Waals surface area contributed by atoms with Crippen LogP contribution in [0, 0.1) is 0 Å². The zero-order chi connectivity index (χ0) is 12.2. The number of hydrogen-bond donors (Lipinski definition) is 1. The van der Waals surface area contributed by atoms with Crippen LogP contribution in [0.4, 0.5) is 13.2 Å². The van der Waals surface area contributed by atoms with Crippen LogP contribution >= 0.6 is 0 Å². The molecule has 0 aromatic heterocycles. The van der Waals surface area contributed by atoms with Crippen LogP contribution in [0.3, 0.4) is 0 Å². The molecule has 0 radical (unpaired) electrons. The van der Waals surface area contributed by atoms with Gasteiger partial charge in [-0.15, -0.1) is 0 Å². The van der Waals surface area contributed by atoms with Crippen LogP contribution in [-0.2, 0) is 6.18 Å². The topological polar surface area (TPSA) is 26.0 Å². The van der Waals surface area contributed by atoms with E-state index in [2.05, 4.69) is 6.92 Å². The number of alkyl halides is 3. The number of unbranched alkanes of at least 4 members (excludes halogenated alkanes) is 1. The molecule has 0 aliphatic carbocycles. The van der Waals surface area contributed by atoms with Crippen molar-refractivity contribution in [2.24, 2.45) is 5.73 Å². The zero-order valence-corrected chi connectivity index (χ0v) is 9.22. The Balaban J connectivity index is 2.71. The van der Waals surface area contributed by atoms with Crippen molar-refractivity contribution in [2.45, 2.75) is 38.4 Å². The second kappa shape index (κ2) is 5.34. The first-order valence-corrected chi connectivity index (χ1v) is 5.38. The fourth-order valence-corrected chi connectivity index (χ4v) is 1.51. The molecular weight excluding hydrogens is 215 g/mol. The van der Waals surface area contributed by atoms with Gasteiger partial charge < -0.3 is 5.73 Å². The Labute approximate surface area is 93.5 Å². The van der Waals surface area contributed by atoms with Crippen LogP contribution < -0.4 is 5.73 Å². The van der Waals surface area contributed by atoms with E-state index < -0.39 is 11.7 Å². The average molecular weight is 231 g/mol. The van der Waals surface area contributed by atoms with Crippen molar-refractivity contribution in [3.8, 4) is 0 Å². The molecule has 90 valence electrons. The summed E-state index contributed by atoms with van der Waals surface area (Å²) >= 11 is 0. The fraction of sp³-hybridized carbons (Fsp3) is 0.500. The van der Waals surface area contributed by atoms with Crippen LogP contribution in [0.1, 0.15) is 43.4 Å². The summed E-state index contributed by atoms with van der Waals surface area (Å²) in [5, 5.41) is 0. The predicted octanol–water partition coefficient (Wildman–Crippen LogP) is 3.90. The lowest BCUT2D eigenvalue weighted by Gasteiger charge is -2.13. The molecule has 0 heterocycles. The van der Waals surface area contributed by atoms with Crippen LogP contribution in [0.15, 0.2) is 24.3 Å². The number of rotatable bonds is 4. The van der Waals surface area contributed by atoms with E-state index >= 15 is 0 Å². The third-order valence-corrected chi connectivity index (χ3v) is 2.53. The van der Waals surface area contributed by atoms with E-state index in [0.29, 0.717) is 0 Å². The molecule has 0 bridgehead atoms. The lowest BCUT2D eigenvalue weighted by atomic mass is 10.0. The van der Waals surface area contributed by atoms with Crippen molar-refractivity contribution in [3.63, 3.8) is 0 Å². The van der Waals surface area contributed by atoms with Crippen molar-refractivity contribution >= 4 is 0 Å². The maximum atomic E-state index is 12.3. The molecule has 0 amide bonds. The summed E-state index contributed by atoms with van der Waals surface area (Å²) in [6.07, 6.45) is -1.44. The second-order valence-corrected chi connectivity index (χ2v) is 3.87. The molecule has 0 unspecified atom stereocenters. The third kappa shape index (κ3) is 3.52. The standard InChI is InChI=1S/C12H16F3N/c1-2-3-4-11(16)9-5-7-10(8-6-9)12(13,14)15/h5-8,11H,2-4,16H2,1H3/t11-/m1/s1. The highest BCUT2D eigenvalue weighted by molar-refractivity contribution is 5.26. The summed E-state index contributed by atoms with van der Waals surface area (Å²) in [5.41, 5.74) is 6.00. The molecule has 0 saturated heterocycles. The van der Waals surface area contributed by atoms with E-state index in [1.165, 1.54) is 12.1 Å². The minimum Gasteiger partial charge on any atom is -0.324 e. The largest absolute Gasteiger partial charge is 0.416 e. The van der Waals surface area contributed by atoms with Gasteiger partial charge in [-0.2, -0.15) is 13.2 Å². The zero-order valence-electron chi connectivity index (χ0n) is 9.22. The number of hydrogen-bond acceptors (Lipinski definition) is 1. The van der Waals surface area contributed by atoms with Gasteiger partial charge in [0.25, 0.3) is 0 Å². The Kier molecular flexibility index (Phi) is 4.35. The van der Waals surface area contributed by atoms with Gasteiger partial charge in [-0.05, 0) is 24.1 Å². The highest BCUT2D eigenvalue weighted by atomic mass is 19.4. The smallest absolute Gasteiger partial charge is 0.324 e. The molecular formula is C12H16F3N. The molecule has 1 aromatic carbocycles. The van der Waals surface area contributed by atoms with Gasteiger partial charge in [0.15, 0.2) is 0 Å². The van der Waals surface area contributed by atoms with Gasteiger partial charge >= 0.3 is 6.18 Å². The normalized spacial score (nSPS) is 13.8. The molecule has 0 fully saturated rings. The van der Waals surface area contributed by atoms with Gasteiger partial charge in [0.2, 0.25) is 0 Å². The van der Waals surface area contributed by atoms with Crippen molar-refractivity contribution in [1.29, 1.82) is 0 Å². The first kappa shape index (κ1) is 13.0. The molecule has 0 aliphatic rings. The van der Waals surface area contributed by atoms with Crippen molar-refractivity contribution in [2.75, 3.05) is 0 Å². The molecule has 1 rings (SSSR count). The molecule has 1 nitrogen and oxygen atoms in total. The van der Waals surface area contributed by atoms with E-state index in [0.717, 1.165) is 37.0 Å². The molecule has 2 N–H and O–H groups in total. The van der Waals surface area contributed by atoms with Crippen LogP contribution in [0.2, 0.25) is 0 Å².